The van der Waals surface area contributed by atoms with Gasteiger partial charge in [0.2, 0.25) is 0 Å². The molecular formula is C11H11FS2. The van der Waals surface area contributed by atoms with Crippen LogP contribution in [0.15, 0.2) is 23.6 Å². The molecule has 1 heterocycles. The molecule has 0 aliphatic carbocycles. The highest BCUT2D eigenvalue weighted by atomic mass is 32.2. The van der Waals surface area contributed by atoms with Crippen LogP contribution in [0.5, 0.6) is 0 Å². The van der Waals surface area contributed by atoms with Crippen LogP contribution in [-0.2, 0) is 5.75 Å². The molecule has 0 fully saturated rings. The van der Waals surface area contributed by atoms with Crippen LogP contribution in [0.4, 0.5) is 4.39 Å². The number of halogens is 1. The number of hydrogen-bond acceptors (Lipinski definition) is 2. The van der Waals surface area contributed by atoms with Crippen molar-refractivity contribution in [1.29, 1.82) is 0 Å². The molecule has 0 aliphatic rings. The van der Waals surface area contributed by atoms with Gasteiger partial charge in [0.1, 0.15) is 5.82 Å². The Kier molecular flexibility index (Phi) is 3.08. The Hall–Kier alpha value is -0.540. The highest BCUT2D eigenvalue weighted by molar-refractivity contribution is 7.98. The summed E-state index contributed by atoms with van der Waals surface area (Å²) in [6.45, 7) is 2.14. The van der Waals surface area contributed by atoms with E-state index in [1.54, 1.807) is 6.07 Å². The van der Waals surface area contributed by atoms with Crippen LogP contribution < -0.4 is 0 Å². The van der Waals surface area contributed by atoms with E-state index in [2.05, 4.69) is 12.3 Å². The first-order valence-corrected chi connectivity index (χ1v) is 6.58. The molecule has 2 rings (SSSR count). The highest BCUT2D eigenvalue weighted by Gasteiger charge is 2.06. The lowest BCUT2D eigenvalue weighted by Gasteiger charge is -1.97. The summed E-state index contributed by atoms with van der Waals surface area (Å²) in [5, 5.41) is 3.15. The van der Waals surface area contributed by atoms with E-state index in [-0.39, 0.29) is 5.82 Å². The first-order valence-electron chi connectivity index (χ1n) is 4.55. The van der Waals surface area contributed by atoms with Crippen LogP contribution in [0.1, 0.15) is 12.5 Å². The molecule has 0 N–H and O–H groups in total. The number of thiophene rings is 1. The Balaban J connectivity index is 2.42. The molecule has 3 heteroatoms. The zero-order valence-corrected chi connectivity index (χ0v) is 9.55. The maximum absolute atomic E-state index is 13.3. The Bertz CT molecular complexity index is 434. The molecule has 0 atom stereocenters. The third kappa shape index (κ3) is 1.79. The van der Waals surface area contributed by atoms with Crippen molar-refractivity contribution in [3.05, 3.63) is 35.0 Å². The highest BCUT2D eigenvalue weighted by Crippen LogP contribution is 2.30. The summed E-state index contributed by atoms with van der Waals surface area (Å²) in [4.78, 5) is 0. The quantitative estimate of drug-likeness (QED) is 0.752. The third-order valence-corrected chi connectivity index (χ3v) is 4.07. The average molecular weight is 226 g/mol. The Morgan fingerprint density at radius 3 is 3.07 bits per heavy atom. The van der Waals surface area contributed by atoms with E-state index in [0.717, 1.165) is 21.6 Å². The first kappa shape index (κ1) is 9.99. The minimum absolute atomic E-state index is 0.0970. The normalized spacial score (nSPS) is 11.0. The summed E-state index contributed by atoms with van der Waals surface area (Å²) in [6, 6.07) is 5.31. The Morgan fingerprint density at radius 1 is 1.43 bits per heavy atom. The maximum Gasteiger partial charge on any atom is 0.140 e. The molecule has 0 saturated heterocycles. The summed E-state index contributed by atoms with van der Waals surface area (Å²) in [5.41, 5.74) is 1.26. The Labute approximate surface area is 91.1 Å². The van der Waals surface area contributed by atoms with Crippen LogP contribution in [-0.4, -0.2) is 5.75 Å². The van der Waals surface area contributed by atoms with Gasteiger partial charge in [0.25, 0.3) is 0 Å². The molecule has 0 aliphatic heterocycles. The lowest BCUT2D eigenvalue weighted by molar-refractivity contribution is 0.641. The predicted octanol–water partition coefficient (Wildman–Crippen LogP) is 4.29. The molecule has 14 heavy (non-hydrogen) atoms. The van der Waals surface area contributed by atoms with Gasteiger partial charge in [0, 0.05) is 5.75 Å². The van der Waals surface area contributed by atoms with Gasteiger partial charge in [-0.15, -0.1) is 11.3 Å². The minimum atomic E-state index is -0.0970. The van der Waals surface area contributed by atoms with Gasteiger partial charge in [0.05, 0.1) is 4.70 Å². The standard InChI is InChI=1S/C11H11FS2/c1-2-13-6-8-7-14-11-9(8)4-3-5-10(11)12/h3-5,7H,2,6H2,1H3. The van der Waals surface area contributed by atoms with E-state index < -0.39 is 0 Å². The van der Waals surface area contributed by atoms with Gasteiger partial charge in [-0.05, 0) is 28.1 Å². The average Bonchev–Trinajstić information content (AvgIpc) is 2.60. The van der Waals surface area contributed by atoms with Gasteiger partial charge >= 0.3 is 0 Å². The molecule has 0 radical (unpaired) electrons. The van der Waals surface area contributed by atoms with Gasteiger partial charge < -0.3 is 0 Å². The van der Waals surface area contributed by atoms with Gasteiger partial charge in [0.15, 0.2) is 0 Å². The largest absolute Gasteiger partial charge is 0.205 e. The summed E-state index contributed by atoms with van der Waals surface area (Å²) in [6.07, 6.45) is 0. The number of fused-ring (bicyclic) bond motifs is 1. The molecular weight excluding hydrogens is 215 g/mol. The molecule has 1 aromatic carbocycles. The van der Waals surface area contributed by atoms with E-state index in [1.165, 1.54) is 23.0 Å². The molecule has 0 unspecified atom stereocenters. The molecule has 0 bridgehead atoms. The lowest BCUT2D eigenvalue weighted by Crippen LogP contribution is -1.79. The summed E-state index contributed by atoms with van der Waals surface area (Å²) in [5.74, 6) is 1.99. The molecule has 0 nitrogen and oxygen atoms in total. The molecule has 0 saturated carbocycles. The number of rotatable bonds is 3. The summed E-state index contributed by atoms with van der Waals surface area (Å²) < 4.78 is 14.1. The smallest absolute Gasteiger partial charge is 0.140 e. The molecule has 0 amide bonds. The molecule has 0 spiro atoms. The number of thioether (sulfide) groups is 1. The number of benzene rings is 1. The van der Waals surface area contributed by atoms with Crippen molar-refractivity contribution in [2.24, 2.45) is 0 Å². The van der Waals surface area contributed by atoms with Crippen molar-refractivity contribution >= 4 is 33.2 Å². The van der Waals surface area contributed by atoms with Gasteiger partial charge in [-0.1, -0.05) is 19.1 Å². The monoisotopic (exact) mass is 226 g/mol. The fourth-order valence-corrected chi connectivity index (χ4v) is 3.14. The second-order valence-electron chi connectivity index (χ2n) is 3.01. The van der Waals surface area contributed by atoms with E-state index in [9.17, 15) is 4.39 Å². The summed E-state index contributed by atoms with van der Waals surface area (Å²) in [7, 11) is 0. The van der Waals surface area contributed by atoms with Crippen LogP contribution >= 0.6 is 23.1 Å². The maximum atomic E-state index is 13.3. The van der Waals surface area contributed by atoms with E-state index in [1.807, 2.05) is 17.8 Å². The van der Waals surface area contributed by atoms with Gasteiger partial charge in [-0.3, -0.25) is 0 Å². The van der Waals surface area contributed by atoms with Crippen molar-refractivity contribution in [3.8, 4) is 0 Å². The third-order valence-electron chi connectivity index (χ3n) is 2.09. The fraction of sp³-hybridized carbons (Fsp3) is 0.273. The van der Waals surface area contributed by atoms with Crippen molar-refractivity contribution in [2.75, 3.05) is 5.75 Å². The minimum Gasteiger partial charge on any atom is -0.205 e. The fourth-order valence-electron chi connectivity index (χ4n) is 1.40. The predicted molar refractivity (Wildman–Crippen MR) is 63.6 cm³/mol. The van der Waals surface area contributed by atoms with E-state index in [0.29, 0.717) is 0 Å². The zero-order valence-electron chi connectivity index (χ0n) is 7.92. The van der Waals surface area contributed by atoms with Crippen LogP contribution in [0.3, 0.4) is 0 Å². The lowest BCUT2D eigenvalue weighted by atomic mass is 10.2. The second-order valence-corrected chi connectivity index (χ2v) is 5.17. The van der Waals surface area contributed by atoms with Gasteiger partial charge in [-0.25, -0.2) is 4.39 Å². The summed E-state index contributed by atoms with van der Waals surface area (Å²) >= 11 is 3.37. The topological polar surface area (TPSA) is 0 Å². The van der Waals surface area contributed by atoms with Crippen LogP contribution in [0.2, 0.25) is 0 Å². The SMILES string of the molecule is CCSCc1csc2c(F)cccc12. The van der Waals surface area contributed by atoms with Crippen molar-refractivity contribution < 1.29 is 4.39 Å². The van der Waals surface area contributed by atoms with Crippen LogP contribution in [0.25, 0.3) is 10.1 Å². The van der Waals surface area contributed by atoms with E-state index in [4.69, 9.17) is 0 Å². The van der Waals surface area contributed by atoms with Crippen molar-refractivity contribution in [2.45, 2.75) is 12.7 Å². The second kappa shape index (κ2) is 4.32. The van der Waals surface area contributed by atoms with E-state index >= 15 is 0 Å². The number of hydrogen-bond donors (Lipinski definition) is 0. The zero-order chi connectivity index (χ0) is 9.97. The van der Waals surface area contributed by atoms with Crippen molar-refractivity contribution in [3.63, 3.8) is 0 Å². The van der Waals surface area contributed by atoms with Crippen LogP contribution in [0, 0.1) is 5.82 Å². The van der Waals surface area contributed by atoms with Crippen molar-refractivity contribution in [1.82, 2.24) is 0 Å². The Morgan fingerprint density at radius 2 is 2.29 bits per heavy atom. The molecule has 1 aromatic heterocycles. The molecule has 74 valence electrons. The molecule has 2 aromatic rings. The van der Waals surface area contributed by atoms with Gasteiger partial charge in [-0.2, -0.15) is 11.8 Å². The first-order chi connectivity index (χ1) is 6.83.